The molecule has 8 aromatic rings. The minimum absolute atomic E-state index is 0.753. The summed E-state index contributed by atoms with van der Waals surface area (Å²) in [6.07, 6.45) is 0. The molecule has 0 bridgehead atoms. The molecule has 0 saturated carbocycles. The average Bonchev–Trinajstić information content (AvgIpc) is 3.27. The number of hydrogen-bond acceptors (Lipinski definition) is 2. The lowest BCUT2D eigenvalue weighted by Crippen LogP contribution is -2.31. The summed E-state index contributed by atoms with van der Waals surface area (Å²) >= 11 is 0. The standard InChI is InChI=1S/C54H34O2/c1-3-15-39(16-4-1)35-37-53(45-19-7-11-23-49(45)55-50-24-12-8-20-46(50)53)43-31-27-41(28-32-43)42-29-33-44(34-30-42)54(38-36-40-17-5-2-6-18-40)47-21-9-13-25-51(47)56-52-26-14-10-22-48(52)54/h1-34H. The third-order valence-electron chi connectivity index (χ3n) is 10.9. The van der Waals surface area contributed by atoms with Crippen LogP contribution in [0.15, 0.2) is 206 Å². The van der Waals surface area contributed by atoms with Crippen LogP contribution in [0.1, 0.15) is 44.5 Å². The van der Waals surface area contributed by atoms with Crippen LogP contribution in [-0.2, 0) is 10.8 Å². The van der Waals surface area contributed by atoms with Gasteiger partial charge in [-0.1, -0.05) is 181 Å². The smallest absolute Gasteiger partial charge is 0.132 e. The number of para-hydroxylation sites is 4. The van der Waals surface area contributed by atoms with Crippen molar-refractivity contribution in [3.05, 3.63) is 251 Å². The van der Waals surface area contributed by atoms with E-state index in [0.717, 1.165) is 78.6 Å². The van der Waals surface area contributed by atoms with E-state index >= 15 is 0 Å². The van der Waals surface area contributed by atoms with Gasteiger partial charge in [0.25, 0.3) is 0 Å². The third kappa shape index (κ3) is 5.48. The molecule has 0 atom stereocenters. The molecule has 0 fully saturated rings. The van der Waals surface area contributed by atoms with Crippen LogP contribution in [0.4, 0.5) is 0 Å². The van der Waals surface area contributed by atoms with E-state index in [4.69, 9.17) is 9.47 Å². The summed E-state index contributed by atoms with van der Waals surface area (Å²) in [6.45, 7) is 0. The minimum Gasteiger partial charge on any atom is -0.457 e. The number of fused-ring (bicyclic) bond motifs is 4. The zero-order chi connectivity index (χ0) is 37.4. The van der Waals surface area contributed by atoms with Crippen LogP contribution >= 0.6 is 0 Å². The number of rotatable bonds is 3. The quantitative estimate of drug-likeness (QED) is 0.170. The van der Waals surface area contributed by atoms with Crippen molar-refractivity contribution < 1.29 is 9.47 Å². The van der Waals surface area contributed by atoms with Crippen molar-refractivity contribution in [2.24, 2.45) is 0 Å². The monoisotopic (exact) mass is 714 g/mol. The first-order chi connectivity index (χ1) is 27.7. The molecular weight excluding hydrogens is 681 g/mol. The molecule has 0 saturated heterocycles. The van der Waals surface area contributed by atoms with Gasteiger partial charge in [0, 0.05) is 33.4 Å². The summed E-state index contributed by atoms with van der Waals surface area (Å²) in [6, 6.07) is 71.1. The van der Waals surface area contributed by atoms with E-state index in [2.05, 4.69) is 145 Å². The molecular formula is C54H34O2. The Bertz CT molecular complexity index is 2560. The van der Waals surface area contributed by atoms with Gasteiger partial charge >= 0.3 is 0 Å². The summed E-state index contributed by atoms with van der Waals surface area (Å²) in [5.74, 6) is 17.9. The number of ether oxygens (including phenoxy) is 2. The van der Waals surface area contributed by atoms with E-state index in [-0.39, 0.29) is 0 Å². The maximum absolute atomic E-state index is 6.47. The van der Waals surface area contributed by atoms with Gasteiger partial charge in [-0.05, 0) is 70.8 Å². The lowest BCUT2D eigenvalue weighted by atomic mass is 9.67. The van der Waals surface area contributed by atoms with Gasteiger partial charge in [0.1, 0.15) is 33.8 Å². The van der Waals surface area contributed by atoms with Gasteiger partial charge in [-0.3, -0.25) is 0 Å². The fourth-order valence-electron chi connectivity index (χ4n) is 8.22. The number of benzene rings is 8. The van der Waals surface area contributed by atoms with Crippen LogP contribution in [0.3, 0.4) is 0 Å². The van der Waals surface area contributed by atoms with Crippen molar-refractivity contribution >= 4 is 0 Å². The van der Waals surface area contributed by atoms with E-state index in [1.807, 2.05) is 84.9 Å². The minimum atomic E-state index is -0.753. The maximum Gasteiger partial charge on any atom is 0.132 e. The zero-order valence-corrected chi connectivity index (χ0v) is 30.4. The molecule has 0 amide bonds. The van der Waals surface area contributed by atoms with E-state index in [0.29, 0.717) is 0 Å². The Morgan fingerprint density at radius 3 is 0.893 bits per heavy atom. The van der Waals surface area contributed by atoms with Crippen LogP contribution < -0.4 is 9.47 Å². The normalized spacial score (nSPS) is 13.6. The van der Waals surface area contributed by atoms with Gasteiger partial charge in [0.15, 0.2) is 0 Å². The van der Waals surface area contributed by atoms with Crippen molar-refractivity contribution in [1.29, 1.82) is 0 Å². The Hall–Kier alpha value is -7.52. The first-order valence-corrected chi connectivity index (χ1v) is 18.8. The van der Waals surface area contributed by atoms with Gasteiger partial charge in [-0.15, -0.1) is 0 Å². The van der Waals surface area contributed by atoms with Crippen molar-refractivity contribution in [1.82, 2.24) is 0 Å². The van der Waals surface area contributed by atoms with Gasteiger partial charge in [0.2, 0.25) is 0 Å². The Morgan fingerprint density at radius 2 is 0.571 bits per heavy atom. The molecule has 0 N–H and O–H groups in total. The van der Waals surface area contributed by atoms with Crippen molar-refractivity contribution in [3.8, 4) is 57.8 Å². The van der Waals surface area contributed by atoms with Gasteiger partial charge in [-0.2, -0.15) is 0 Å². The number of hydrogen-bond donors (Lipinski definition) is 0. The second-order valence-electron chi connectivity index (χ2n) is 14.1. The van der Waals surface area contributed by atoms with Crippen molar-refractivity contribution in [2.45, 2.75) is 10.8 Å². The summed E-state index contributed by atoms with van der Waals surface area (Å²) < 4.78 is 12.9. The Morgan fingerprint density at radius 1 is 0.286 bits per heavy atom. The highest BCUT2D eigenvalue weighted by atomic mass is 16.5. The molecule has 0 spiro atoms. The van der Waals surface area contributed by atoms with Gasteiger partial charge in [0.05, 0.1) is 0 Å². The molecule has 262 valence electrons. The molecule has 8 aromatic carbocycles. The van der Waals surface area contributed by atoms with Crippen LogP contribution in [0.5, 0.6) is 23.0 Å². The van der Waals surface area contributed by atoms with E-state index in [1.54, 1.807) is 0 Å². The molecule has 2 nitrogen and oxygen atoms in total. The molecule has 2 heterocycles. The molecule has 0 unspecified atom stereocenters. The highest BCUT2D eigenvalue weighted by Gasteiger charge is 2.44. The predicted octanol–water partition coefficient (Wildman–Crippen LogP) is 12.3. The van der Waals surface area contributed by atoms with Crippen LogP contribution in [0.25, 0.3) is 11.1 Å². The first kappa shape index (κ1) is 33.1. The van der Waals surface area contributed by atoms with Crippen molar-refractivity contribution in [3.63, 3.8) is 0 Å². The van der Waals surface area contributed by atoms with Crippen LogP contribution in [0, 0.1) is 23.7 Å². The molecule has 2 heteroatoms. The summed E-state index contributed by atoms with van der Waals surface area (Å²) in [5, 5.41) is 0. The highest BCUT2D eigenvalue weighted by Crippen LogP contribution is 2.53. The first-order valence-electron chi connectivity index (χ1n) is 18.8. The molecule has 56 heavy (non-hydrogen) atoms. The van der Waals surface area contributed by atoms with E-state index in [1.165, 1.54) is 0 Å². The summed E-state index contributed by atoms with van der Waals surface area (Å²) in [4.78, 5) is 0. The lowest BCUT2D eigenvalue weighted by Gasteiger charge is -2.37. The Balaban J connectivity index is 1.09. The average molecular weight is 715 g/mol. The topological polar surface area (TPSA) is 18.5 Å². The maximum atomic E-state index is 6.47. The zero-order valence-electron chi connectivity index (χ0n) is 30.4. The predicted molar refractivity (Wildman–Crippen MR) is 224 cm³/mol. The second kappa shape index (κ2) is 13.7. The molecule has 2 aliphatic rings. The Labute approximate surface area is 327 Å². The van der Waals surface area contributed by atoms with Gasteiger partial charge in [-0.25, -0.2) is 0 Å². The fourth-order valence-corrected chi connectivity index (χ4v) is 8.22. The lowest BCUT2D eigenvalue weighted by molar-refractivity contribution is 0.440. The summed E-state index contributed by atoms with van der Waals surface area (Å²) in [5.41, 5.74) is 8.90. The van der Waals surface area contributed by atoms with E-state index in [9.17, 15) is 0 Å². The van der Waals surface area contributed by atoms with Crippen molar-refractivity contribution in [2.75, 3.05) is 0 Å². The molecule has 2 aliphatic heterocycles. The fraction of sp³-hybridized carbons (Fsp3) is 0.0370. The SMILES string of the molecule is C(#CC1(c2ccc(-c3ccc(C4(C#Cc5ccccc5)c5ccccc5Oc5ccccc54)cc3)cc2)c2ccccc2Oc2ccccc21)c1ccccc1. The van der Waals surface area contributed by atoms with E-state index < -0.39 is 10.8 Å². The van der Waals surface area contributed by atoms with Crippen LogP contribution in [0.2, 0.25) is 0 Å². The largest absolute Gasteiger partial charge is 0.457 e. The summed E-state index contributed by atoms with van der Waals surface area (Å²) in [7, 11) is 0. The van der Waals surface area contributed by atoms with Gasteiger partial charge < -0.3 is 9.47 Å². The second-order valence-corrected chi connectivity index (χ2v) is 14.1. The Kier molecular flexibility index (Phi) is 8.10. The van der Waals surface area contributed by atoms with Crippen LogP contribution in [-0.4, -0.2) is 0 Å². The molecule has 0 aromatic heterocycles. The molecule has 0 radical (unpaired) electrons. The third-order valence-corrected chi connectivity index (χ3v) is 10.9. The molecule has 10 rings (SSSR count). The highest BCUT2D eigenvalue weighted by molar-refractivity contribution is 5.73. The molecule has 0 aliphatic carbocycles.